The number of Topliss-reactive ketones (excluding diaryl/α,β-unsaturated/α-hetero) is 1. The van der Waals surface area contributed by atoms with Crippen molar-refractivity contribution >= 4 is 17.7 Å². The van der Waals surface area contributed by atoms with Gasteiger partial charge in [0.2, 0.25) is 0 Å². The van der Waals surface area contributed by atoms with Crippen molar-refractivity contribution in [1.29, 1.82) is 0 Å². The Balaban J connectivity index is 2.15. The standard InChI is InChI=1S/C15H15F2NO4/c16-10-4-9(5-11(17)7-10)14(20)18-13(15(21)22)8-2-1-3-12(19)6-8/h4-5,7-8,13H,1-3,6H2,(H,18,20)(H,21,22)/t8-,13-/m0/s1. The Morgan fingerprint density at radius 2 is 1.86 bits per heavy atom. The van der Waals surface area contributed by atoms with Crippen molar-refractivity contribution in [2.75, 3.05) is 0 Å². The van der Waals surface area contributed by atoms with Crippen molar-refractivity contribution < 1.29 is 28.3 Å². The molecular weight excluding hydrogens is 296 g/mol. The smallest absolute Gasteiger partial charge is 0.326 e. The summed E-state index contributed by atoms with van der Waals surface area (Å²) >= 11 is 0. The fourth-order valence-corrected chi connectivity index (χ4v) is 2.63. The van der Waals surface area contributed by atoms with Crippen LogP contribution in [0.25, 0.3) is 0 Å². The van der Waals surface area contributed by atoms with Gasteiger partial charge in [-0.2, -0.15) is 0 Å². The zero-order chi connectivity index (χ0) is 16.3. The van der Waals surface area contributed by atoms with Crippen LogP contribution in [0.4, 0.5) is 8.78 Å². The van der Waals surface area contributed by atoms with E-state index in [4.69, 9.17) is 0 Å². The van der Waals surface area contributed by atoms with Crippen LogP contribution in [-0.4, -0.2) is 28.8 Å². The summed E-state index contributed by atoms with van der Waals surface area (Å²) in [5, 5.41) is 11.5. The molecule has 1 aromatic carbocycles. The first-order chi connectivity index (χ1) is 10.4. The van der Waals surface area contributed by atoms with E-state index in [1.165, 1.54) is 0 Å². The molecule has 1 aliphatic carbocycles. The van der Waals surface area contributed by atoms with Crippen LogP contribution in [0.2, 0.25) is 0 Å². The normalized spacial score (nSPS) is 19.5. The van der Waals surface area contributed by atoms with Crippen LogP contribution >= 0.6 is 0 Å². The van der Waals surface area contributed by atoms with E-state index >= 15 is 0 Å². The lowest BCUT2D eigenvalue weighted by atomic mass is 9.83. The molecule has 1 fully saturated rings. The highest BCUT2D eigenvalue weighted by Gasteiger charge is 2.33. The Morgan fingerprint density at radius 1 is 1.23 bits per heavy atom. The molecule has 2 rings (SSSR count). The maximum Gasteiger partial charge on any atom is 0.326 e. The Hall–Kier alpha value is -2.31. The zero-order valence-electron chi connectivity index (χ0n) is 11.6. The number of hydrogen-bond donors (Lipinski definition) is 2. The number of rotatable bonds is 4. The van der Waals surface area contributed by atoms with Gasteiger partial charge >= 0.3 is 5.97 Å². The molecule has 0 radical (unpaired) electrons. The number of aliphatic carboxylic acids is 1. The molecule has 0 aromatic heterocycles. The summed E-state index contributed by atoms with van der Waals surface area (Å²) in [6.45, 7) is 0. The molecule has 0 aliphatic heterocycles. The van der Waals surface area contributed by atoms with Gasteiger partial charge in [0, 0.05) is 24.5 Å². The lowest BCUT2D eigenvalue weighted by Crippen LogP contribution is -2.47. The molecule has 0 spiro atoms. The summed E-state index contributed by atoms with van der Waals surface area (Å²) in [5.74, 6) is -4.57. The van der Waals surface area contributed by atoms with E-state index in [1.807, 2.05) is 0 Å². The number of carboxylic acid groups (broad SMARTS) is 1. The van der Waals surface area contributed by atoms with Gasteiger partial charge in [-0.05, 0) is 30.9 Å². The van der Waals surface area contributed by atoms with Crippen LogP contribution in [0.3, 0.4) is 0 Å². The number of benzene rings is 1. The second-order valence-corrected chi connectivity index (χ2v) is 5.34. The largest absolute Gasteiger partial charge is 0.480 e. The molecule has 1 aliphatic rings. The van der Waals surface area contributed by atoms with E-state index in [-0.39, 0.29) is 17.8 Å². The third-order valence-electron chi connectivity index (χ3n) is 3.67. The summed E-state index contributed by atoms with van der Waals surface area (Å²) in [5.41, 5.74) is -0.300. The molecular formula is C15H15F2NO4. The van der Waals surface area contributed by atoms with Crippen LogP contribution < -0.4 is 5.32 Å². The number of ketones is 1. The third kappa shape index (κ3) is 3.87. The predicted molar refractivity (Wildman–Crippen MR) is 72.2 cm³/mol. The first-order valence-electron chi connectivity index (χ1n) is 6.88. The van der Waals surface area contributed by atoms with Crippen molar-refractivity contribution in [3.8, 4) is 0 Å². The number of hydrogen-bond acceptors (Lipinski definition) is 3. The van der Waals surface area contributed by atoms with Gasteiger partial charge in [0.15, 0.2) is 0 Å². The van der Waals surface area contributed by atoms with E-state index in [2.05, 4.69) is 5.32 Å². The second-order valence-electron chi connectivity index (χ2n) is 5.34. The molecule has 22 heavy (non-hydrogen) atoms. The average Bonchev–Trinajstić information content (AvgIpc) is 2.43. The first-order valence-corrected chi connectivity index (χ1v) is 6.88. The molecule has 2 atom stereocenters. The highest BCUT2D eigenvalue weighted by Crippen LogP contribution is 2.25. The Kier molecular flexibility index (Phi) is 4.85. The van der Waals surface area contributed by atoms with Gasteiger partial charge in [-0.3, -0.25) is 9.59 Å². The first kappa shape index (κ1) is 16.1. The molecule has 0 saturated heterocycles. The van der Waals surface area contributed by atoms with Crippen LogP contribution in [0, 0.1) is 17.6 Å². The Bertz CT molecular complexity index is 597. The third-order valence-corrected chi connectivity index (χ3v) is 3.67. The average molecular weight is 311 g/mol. The summed E-state index contributed by atoms with van der Waals surface area (Å²) < 4.78 is 26.2. The van der Waals surface area contributed by atoms with Crippen molar-refractivity contribution in [1.82, 2.24) is 5.32 Å². The van der Waals surface area contributed by atoms with Crippen LogP contribution in [0.15, 0.2) is 18.2 Å². The van der Waals surface area contributed by atoms with Gasteiger partial charge in [-0.25, -0.2) is 13.6 Å². The molecule has 5 nitrogen and oxygen atoms in total. The monoisotopic (exact) mass is 311 g/mol. The van der Waals surface area contributed by atoms with Gasteiger partial charge < -0.3 is 10.4 Å². The number of carbonyl (C=O) groups excluding carboxylic acids is 2. The highest BCUT2D eigenvalue weighted by atomic mass is 19.1. The van der Waals surface area contributed by atoms with E-state index in [1.54, 1.807) is 0 Å². The Labute approximate surface area is 125 Å². The molecule has 0 heterocycles. The number of amides is 1. The summed E-state index contributed by atoms with van der Waals surface area (Å²) in [4.78, 5) is 34.8. The van der Waals surface area contributed by atoms with Crippen molar-refractivity contribution in [3.63, 3.8) is 0 Å². The summed E-state index contributed by atoms with van der Waals surface area (Å²) in [6, 6.07) is 1.00. The number of nitrogens with one attached hydrogen (secondary N) is 1. The van der Waals surface area contributed by atoms with Crippen molar-refractivity contribution in [3.05, 3.63) is 35.4 Å². The van der Waals surface area contributed by atoms with Gasteiger partial charge in [-0.1, -0.05) is 0 Å². The van der Waals surface area contributed by atoms with Crippen LogP contribution in [-0.2, 0) is 9.59 Å². The van der Waals surface area contributed by atoms with Gasteiger partial charge in [0.25, 0.3) is 5.91 Å². The molecule has 0 unspecified atom stereocenters. The number of carbonyl (C=O) groups is 3. The molecule has 0 bridgehead atoms. The lowest BCUT2D eigenvalue weighted by molar-refractivity contribution is -0.141. The van der Waals surface area contributed by atoms with Crippen LogP contribution in [0.1, 0.15) is 36.0 Å². The zero-order valence-corrected chi connectivity index (χ0v) is 11.6. The SMILES string of the molecule is O=C1CCC[C@H]([C@H](NC(=O)c2cc(F)cc(F)c2)C(=O)O)C1. The highest BCUT2D eigenvalue weighted by molar-refractivity contribution is 5.96. The van der Waals surface area contributed by atoms with E-state index in [0.29, 0.717) is 25.3 Å². The molecule has 7 heteroatoms. The minimum absolute atomic E-state index is 0.0476. The molecule has 1 aromatic rings. The minimum Gasteiger partial charge on any atom is -0.480 e. The summed E-state index contributed by atoms with van der Waals surface area (Å²) in [7, 11) is 0. The summed E-state index contributed by atoms with van der Waals surface area (Å²) in [6.07, 6.45) is 1.55. The van der Waals surface area contributed by atoms with Gasteiger partial charge in [-0.15, -0.1) is 0 Å². The van der Waals surface area contributed by atoms with Gasteiger partial charge in [0.1, 0.15) is 23.5 Å². The van der Waals surface area contributed by atoms with Crippen LogP contribution in [0.5, 0.6) is 0 Å². The maximum absolute atomic E-state index is 13.1. The van der Waals surface area contributed by atoms with Crippen molar-refractivity contribution in [2.24, 2.45) is 5.92 Å². The van der Waals surface area contributed by atoms with E-state index in [0.717, 1.165) is 12.1 Å². The fraction of sp³-hybridized carbons (Fsp3) is 0.400. The fourth-order valence-electron chi connectivity index (χ4n) is 2.63. The lowest BCUT2D eigenvalue weighted by Gasteiger charge is -2.27. The molecule has 118 valence electrons. The molecule has 1 saturated carbocycles. The topological polar surface area (TPSA) is 83.5 Å². The number of halogens is 2. The van der Waals surface area contributed by atoms with E-state index < -0.39 is 35.5 Å². The predicted octanol–water partition coefficient (Wildman–Crippen LogP) is 1.91. The molecule has 1 amide bonds. The maximum atomic E-state index is 13.1. The number of carboxylic acids is 1. The minimum atomic E-state index is -1.27. The van der Waals surface area contributed by atoms with E-state index in [9.17, 15) is 28.3 Å². The second kappa shape index (κ2) is 6.64. The Morgan fingerprint density at radius 3 is 2.41 bits per heavy atom. The quantitative estimate of drug-likeness (QED) is 0.889. The van der Waals surface area contributed by atoms with Gasteiger partial charge in [0.05, 0.1) is 0 Å². The van der Waals surface area contributed by atoms with Crippen molar-refractivity contribution in [2.45, 2.75) is 31.7 Å². The molecule has 2 N–H and O–H groups in total.